The van der Waals surface area contributed by atoms with E-state index in [1.54, 1.807) is 10.9 Å². The maximum atomic E-state index is 13.3. The van der Waals surface area contributed by atoms with Gasteiger partial charge in [0.05, 0.1) is 16.9 Å². The predicted octanol–water partition coefficient (Wildman–Crippen LogP) is 4.46. The van der Waals surface area contributed by atoms with Gasteiger partial charge in [-0.3, -0.25) is 9.48 Å². The average Bonchev–Trinajstić information content (AvgIpc) is 3.50. The zero-order chi connectivity index (χ0) is 24.3. The third-order valence-electron chi connectivity index (χ3n) is 7.40. The molecule has 0 aliphatic heterocycles. The molecule has 4 aromatic rings. The van der Waals surface area contributed by atoms with Crippen LogP contribution in [0.3, 0.4) is 0 Å². The van der Waals surface area contributed by atoms with Gasteiger partial charge in [-0.25, -0.2) is 14.3 Å². The van der Waals surface area contributed by atoms with Crippen LogP contribution >= 0.6 is 0 Å². The molecule has 3 heterocycles. The first-order valence-corrected chi connectivity index (χ1v) is 12.6. The summed E-state index contributed by atoms with van der Waals surface area (Å²) in [7, 11) is 4.33. The van der Waals surface area contributed by atoms with Crippen molar-refractivity contribution in [3.8, 4) is 5.82 Å². The molecule has 1 N–H and O–H groups in total. The molecule has 2 aliphatic rings. The van der Waals surface area contributed by atoms with Gasteiger partial charge in [0.15, 0.2) is 5.82 Å². The number of nitrogens with zero attached hydrogens (tertiary/aromatic N) is 6. The summed E-state index contributed by atoms with van der Waals surface area (Å²) in [4.78, 5) is 20.2. The Morgan fingerprint density at radius 1 is 1.09 bits per heavy atom. The fraction of sp³-hybridized carbons (Fsp3) is 0.444. The minimum absolute atomic E-state index is 0.0102. The van der Waals surface area contributed by atoms with Crippen LogP contribution in [-0.2, 0) is 12.8 Å². The number of hydrogen-bond acceptors (Lipinski definition) is 5. The molecular formula is C27H33N7O. The molecule has 1 saturated carbocycles. The van der Waals surface area contributed by atoms with E-state index in [0.29, 0.717) is 17.5 Å². The molecule has 0 bridgehead atoms. The Morgan fingerprint density at radius 3 is 2.66 bits per heavy atom. The molecule has 1 fully saturated rings. The Morgan fingerprint density at radius 2 is 1.91 bits per heavy atom. The Labute approximate surface area is 205 Å². The third-order valence-corrected chi connectivity index (χ3v) is 7.40. The van der Waals surface area contributed by atoms with Crippen molar-refractivity contribution in [2.45, 2.75) is 64.1 Å². The second kappa shape index (κ2) is 8.37. The number of benzene rings is 1. The highest BCUT2D eigenvalue weighted by atomic mass is 16.1. The summed E-state index contributed by atoms with van der Waals surface area (Å²) in [6, 6.07) is 11.7. The van der Waals surface area contributed by atoms with Gasteiger partial charge in [-0.05, 0) is 83.3 Å². The summed E-state index contributed by atoms with van der Waals surface area (Å²) in [5.74, 6) is 1.48. The number of nitrogens with one attached hydrogen (secondary N) is 1. The van der Waals surface area contributed by atoms with Gasteiger partial charge in [0.25, 0.3) is 5.56 Å². The van der Waals surface area contributed by atoms with Crippen molar-refractivity contribution in [1.29, 1.82) is 0 Å². The van der Waals surface area contributed by atoms with E-state index in [1.165, 1.54) is 30.4 Å². The highest BCUT2D eigenvalue weighted by molar-refractivity contribution is 5.82. The number of likely N-dealkylation sites (N-methyl/N-ethyl adjacent to an activating group) is 1. The minimum Gasteiger partial charge on any atom is -0.340 e. The molecule has 8 nitrogen and oxygen atoms in total. The SMILES string of the molecule is CC(C)n1c(=O)c2cnc(Nc3ccc4c(c3)CCC(N(C)C)C4)cc2n1-c1ccn(C2CC2)n1. The van der Waals surface area contributed by atoms with E-state index in [4.69, 9.17) is 5.10 Å². The van der Waals surface area contributed by atoms with E-state index >= 15 is 0 Å². The van der Waals surface area contributed by atoms with Crippen molar-refractivity contribution in [3.05, 3.63) is 64.2 Å². The monoisotopic (exact) mass is 471 g/mol. The van der Waals surface area contributed by atoms with Crippen LogP contribution in [0.4, 0.5) is 11.5 Å². The second-order valence-corrected chi connectivity index (χ2v) is 10.5. The van der Waals surface area contributed by atoms with Gasteiger partial charge in [-0.1, -0.05) is 6.07 Å². The van der Waals surface area contributed by atoms with E-state index in [-0.39, 0.29) is 11.6 Å². The van der Waals surface area contributed by atoms with Crippen LogP contribution in [0, 0.1) is 0 Å². The fourth-order valence-electron chi connectivity index (χ4n) is 5.27. The highest BCUT2D eigenvalue weighted by Gasteiger charge is 2.26. The van der Waals surface area contributed by atoms with Crippen molar-refractivity contribution in [2.75, 3.05) is 19.4 Å². The molecule has 1 atom stereocenters. The first kappa shape index (κ1) is 22.1. The molecule has 0 saturated heterocycles. The normalized spacial score (nSPS) is 17.9. The summed E-state index contributed by atoms with van der Waals surface area (Å²) in [6.07, 6.45) is 9.39. The fourth-order valence-corrected chi connectivity index (χ4v) is 5.27. The molecule has 1 aromatic carbocycles. The second-order valence-electron chi connectivity index (χ2n) is 10.5. The Balaban J connectivity index is 1.36. The van der Waals surface area contributed by atoms with Crippen LogP contribution in [0.25, 0.3) is 16.7 Å². The standard InChI is InChI=1S/C27H33N7O/c1-17(2)33-27(35)23-16-28-25(15-24(23)34(33)26-11-12-32(30-26)21-9-10-21)29-20-7-5-19-14-22(31(3)4)8-6-18(19)13-20/h5,7,11-13,15-17,21-22H,6,8-10,14H2,1-4H3,(H,28,29). The number of anilines is 2. The van der Waals surface area contributed by atoms with Gasteiger partial charge >= 0.3 is 0 Å². The first-order chi connectivity index (χ1) is 16.9. The smallest absolute Gasteiger partial charge is 0.276 e. The first-order valence-electron chi connectivity index (χ1n) is 12.6. The zero-order valence-electron chi connectivity index (χ0n) is 20.9. The molecule has 182 valence electrons. The molecule has 0 amide bonds. The lowest BCUT2D eigenvalue weighted by molar-refractivity contribution is 0.268. The van der Waals surface area contributed by atoms with Gasteiger partial charge < -0.3 is 10.2 Å². The van der Waals surface area contributed by atoms with Crippen LogP contribution in [0.5, 0.6) is 0 Å². The number of pyridine rings is 1. The lowest BCUT2D eigenvalue weighted by Crippen LogP contribution is -2.33. The van der Waals surface area contributed by atoms with Crippen LogP contribution < -0.4 is 10.9 Å². The van der Waals surface area contributed by atoms with Crippen molar-refractivity contribution in [3.63, 3.8) is 0 Å². The van der Waals surface area contributed by atoms with Crippen molar-refractivity contribution in [2.24, 2.45) is 0 Å². The zero-order valence-corrected chi connectivity index (χ0v) is 20.9. The molecular weight excluding hydrogens is 438 g/mol. The summed E-state index contributed by atoms with van der Waals surface area (Å²) >= 11 is 0. The maximum absolute atomic E-state index is 13.3. The summed E-state index contributed by atoms with van der Waals surface area (Å²) < 4.78 is 5.74. The third kappa shape index (κ3) is 3.95. The van der Waals surface area contributed by atoms with E-state index < -0.39 is 0 Å². The molecule has 8 heteroatoms. The average molecular weight is 472 g/mol. The van der Waals surface area contributed by atoms with E-state index in [1.807, 2.05) is 41.5 Å². The largest absolute Gasteiger partial charge is 0.340 e. The van der Waals surface area contributed by atoms with Crippen LogP contribution in [0.2, 0.25) is 0 Å². The Bertz CT molecular complexity index is 1450. The number of rotatable bonds is 6. The van der Waals surface area contributed by atoms with Gasteiger partial charge in [0.2, 0.25) is 0 Å². The number of aryl methyl sites for hydroxylation is 1. The van der Waals surface area contributed by atoms with Crippen LogP contribution in [-0.4, -0.2) is 49.2 Å². The van der Waals surface area contributed by atoms with E-state index in [0.717, 1.165) is 35.7 Å². The van der Waals surface area contributed by atoms with Crippen molar-refractivity contribution >= 4 is 22.4 Å². The molecule has 2 aliphatic carbocycles. The molecule has 35 heavy (non-hydrogen) atoms. The summed E-state index contributed by atoms with van der Waals surface area (Å²) in [5, 5.41) is 8.89. The van der Waals surface area contributed by atoms with E-state index in [9.17, 15) is 4.79 Å². The predicted molar refractivity (Wildman–Crippen MR) is 139 cm³/mol. The van der Waals surface area contributed by atoms with Gasteiger partial charge in [0.1, 0.15) is 5.82 Å². The summed E-state index contributed by atoms with van der Waals surface area (Å²) in [6.45, 7) is 4.05. The number of fused-ring (bicyclic) bond motifs is 2. The van der Waals surface area contributed by atoms with Crippen LogP contribution in [0.15, 0.2) is 47.5 Å². The summed E-state index contributed by atoms with van der Waals surface area (Å²) in [5.41, 5.74) is 4.63. The lowest BCUT2D eigenvalue weighted by atomic mass is 9.87. The quantitative estimate of drug-likeness (QED) is 0.449. The van der Waals surface area contributed by atoms with Gasteiger partial charge in [-0.15, -0.1) is 0 Å². The number of aromatic nitrogens is 5. The van der Waals surface area contributed by atoms with Crippen LogP contribution in [0.1, 0.15) is 56.3 Å². The van der Waals surface area contributed by atoms with Crippen molar-refractivity contribution < 1.29 is 0 Å². The molecule has 3 aromatic heterocycles. The highest BCUT2D eigenvalue weighted by Crippen LogP contribution is 2.34. The number of hydrogen-bond donors (Lipinski definition) is 1. The van der Waals surface area contributed by atoms with Gasteiger partial charge in [0, 0.05) is 42.3 Å². The topological polar surface area (TPSA) is 72.9 Å². The Kier molecular flexibility index (Phi) is 5.29. The Hall–Kier alpha value is -3.39. The van der Waals surface area contributed by atoms with E-state index in [2.05, 4.69) is 47.5 Å². The molecule has 1 unspecified atom stereocenters. The lowest BCUT2D eigenvalue weighted by Gasteiger charge is -2.30. The maximum Gasteiger partial charge on any atom is 0.276 e. The van der Waals surface area contributed by atoms with Gasteiger partial charge in [-0.2, -0.15) is 5.10 Å². The molecule has 0 spiro atoms. The molecule has 0 radical (unpaired) electrons. The molecule has 6 rings (SSSR count). The van der Waals surface area contributed by atoms with Crippen molar-refractivity contribution in [1.82, 2.24) is 29.0 Å². The minimum atomic E-state index is -0.0424.